The van der Waals surface area contributed by atoms with Crippen LogP contribution in [-0.4, -0.2) is 36.4 Å². The summed E-state index contributed by atoms with van der Waals surface area (Å²) in [6.07, 6.45) is -1.32. The molecule has 0 aromatic heterocycles. The van der Waals surface area contributed by atoms with Gasteiger partial charge < -0.3 is 20.5 Å². The summed E-state index contributed by atoms with van der Waals surface area (Å²) in [6, 6.07) is 7.67. The van der Waals surface area contributed by atoms with E-state index in [4.69, 9.17) is 15.2 Å². The average Bonchev–Trinajstić information content (AvgIpc) is 2.88. The maximum Gasteiger partial charge on any atom is 0.348 e. The molecule has 126 valence electrons. The molecule has 0 fully saturated rings. The molecule has 2 rings (SSSR count). The van der Waals surface area contributed by atoms with E-state index in [-0.39, 0.29) is 18.1 Å². The van der Waals surface area contributed by atoms with Crippen LogP contribution < -0.4 is 16.4 Å². The van der Waals surface area contributed by atoms with E-state index >= 15 is 0 Å². The van der Waals surface area contributed by atoms with Crippen LogP contribution in [0.3, 0.4) is 0 Å². The Balaban J connectivity index is 2.12. The second kappa shape index (κ2) is 7.27. The average molecular weight is 333 g/mol. The number of anilines is 1. The van der Waals surface area contributed by atoms with Gasteiger partial charge >= 0.3 is 12.0 Å². The zero-order valence-corrected chi connectivity index (χ0v) is 12.7. The number of Topliss-reactive ketones (excluding diaryl/α,β-unsaturated/α-hetero) is 1. The van der Waals surface area contributed by atoms with Gasteiger partial charge in [-0.2, -0.15) is 0 Å². The third-order valence-corrected chi connectivity index (χ3v) is 2.99. The highest BCUT2D eigenvalue weighted by Gasteiger charge is 2.34. The summed E-state index contributed by atoms with van der Waals surface area (Å²) < 4.78 is 10.0. The van der Waals surface area contributed by atoms with Crippen molar-refractivity contribution in [3.8, 4) is 0 Å². The number of ether oxygens (including phenoxy) is 2. The molecule has 9 nitrogen and oxygen atoms in total. The number of hydrogen-bond acceptors (Lipinski definition) is 7. The van der Waals surface area contributed by atoms with Crippen LogP contribution in [0.2, 0.25) is 0 Å². The first-order valence-corrected chi connectivity index (χ1v) is 6.92. The maximum atomic E-state index is 12.1. The van der Waals surface area contributed by atoms with Gasteiger partial charge in [-0.25, -0.2) is 9.59 Å². The Labute approximate surface area is 136 Å². The highest BCUT2D eigenvalue weighted by molar-refractivity contribution is 6.20. The van der Waals surface area contributed by atoms with Crippen LogP contribution in [0.15, 0.2) is 41.8 Å². The molecule has 1 aliphatic rings. The smallest absolute Gasteiger partial charge is 0.348 e. The number of hydrogen-bond donors (Lipinski definition) is 3. The van der Waals surface area contributed by atoms with Crippen molar-refractivity contribution >= 4 is 29.4 Å². The Hall–Kier alpha value is -3.36. The lowest BCUT2D eigenvalue weighted by Crippen LogP contribution is -2.42. The molecule has 1 atom stereocenters. The van der Waals surface area contributed by atoms with Gasteiger partial charge in [-0.05, 0) is 19.1 Å². The Bertz CT molecular complexity index is 713. The number of nitrogens with one attached hydrogen (secondary N) is 2. The summed E-state index contributed by atoms with van der Waals surface area (Å²) in [7, 11) is 0. The van der Waals surface area contributed by atoms with Gasteiger partial charge in [0, 0.05) is 5.69 Å². The minimum atomic E-state index is -1.32. The number of ketones is 1. The van der Waals surface area contributed by atoms with E-state index in [1.54, 1.807) is 35.6 Å². The van der Waals surface area contributed by atoms with Crippen LogP contribution in [0.1, 0.15) is 6.92 Å². The third kappa shape index (κ3) is 4.09. The van der Waals surface area contributed by atoms with Gasteiger partial charge in [0.15, 0.2) is 18.3 Å². The minimum absolute atomic E-state index is 0.0568. The third-order valence-electron chi connectivity index (χ3n) is 2.99. The van der Waals surface area contributed by atoms with Crippen LogP contribution in [-0.2, 0) is 23.9 Å². The number of urea groups is 1. The first kappa shape index (κ1) is 17.0. The van der Waals surface area contributed by atoms with Crippen molar-refractivity contribution in [3.63, 3.8) is 0 Å². The van der Waals surface area contributed by atoms with Crippen molar-refractivity contribution in [3.05, 3.63) is 41.8 Å². The molecule has 0 aliphatic carbocycles. The second-order valence-electron chi connectivity index (χ2n) is 4.81. The number of primary amides is 1. The molecule has 4 N–H and O–H groups in total. The highest BCUT2D eigenvalue weighted by Crippen LogP contribution is 2.21. The Kier molecular flexibility index (Phi) is 5.15. The number of amides is 3. The number of rotatable bonds is 5. The van der Waals surface area contributed by atoms with Crippen molar-refractivity contribution in [1.82, 2.24) is 5.32 Å². The fourth-order valence-corrected chi connectivity index (χ4v) is 1.86. The maximum absolute atomic E-state index is 12.1. The molecule has 1 aliphatic heterocycles. The molecule has 0 radical (unpaired) electrons. The van der Waals surface area contributed by atoms with Gasteiger partial charge in [0.1, 0.15) is 0 Å². The van der Waals surface area contributed by atoms with E-state index in [0.29, 0.717) is 5.69 Å². The number of imide groups is 1. The molecule has 24 heavy (non-hydrogen) atoms. The van der Waals surface area contributed by atoms with Crippen LogP contribution in [0.4, 0.5) is 10.5 Å². The number of para-hydroxylation sites is 1. The predicted octanol–water partition coefficient (Wildman–Crippen LogP) is 0.0360. The molecule has 1 aromatic carbocycles. The Morgan fingerprint density at radius 1 is 1.25 bits per heavy atom. The fraction of sp³-hybridized carbons (Fsp3) is 0.200. The van der Waals surface area contributed by atoms with Gasteiger partial charge in [-0.1, -0.05) is 18.2 Å². The van der Waals surface area contributed by atoms with Gasteiger partial charge in [-0.15, -0.1) is 0 Å². The van der Waals surface area contributed by atoms with E-state index in [9.17, 15) is 19.2 Å². The monoisotopic (exact) mass is 333 g/mol. The molecular weight excluding hydrogens is 318 g/mol. The van der Waals surface area contributed by atoms with Crippen molar-refractivity contribution in [1.29, 1.82) is 0 Å². The van der Waals surface area contributed by atoms with E-state index < -0.39 is 29.8 Å². The minimum Gasteiger partial charge on any atom is -0.470 e. The largest absolute Gasteiger partial charge is 0.470 e. The molecule has 1 aromatic rings. The highest BCUT2D eigenvalue weighted by atomic mass is 16.6. The number of esters is 1. The lowest BCUT2D eigenvalue weighted by Gasteiger charge is -2.12. The van der Waals surface area contributed by atoms with Crippen LogP contribution >= 0.6 is 0 Å². The molecule has 3 amide bonds. The molecular formula is C15H15N3O6. The van der Waals surface area contributed by atoms with Crippen molar-refractivity contribution in [2.45, 2.75) is 13.0 Å². The zero-order valence-electron chi connectivity index (χ0n) is 12.7. The number of carbonyl (C=O) groups excluding carboxylic acids is 4. The van der Waals surface area contributed by atoms with Crippen LogP contribution in [0, 0.1) is 0 Å². The summed E-state index contributed by atoms with van der Waals surface area (Å²) in [6.45, 7) is 0.919. The summed E-state index contributed by atoms with van der Waals surface area (Å²) >= 11 is 0. The number of carbonyl (C=O) groups is 4. The first-order chi connectivity index (χ1) is 11.4. The first-order valence-electron chi connectivity index (χ1n) is 6.92. The Morgan fingerprint density at radius 3 is 2.54 bits per heavy atom. The molecule has 9 heteroatoms. The lowest BCUT2D eigenvalue weighted by molar-refractivity contribution is -0.151. The summed E-state index contributed by atoms with van der Waals surface area (Å²) in [5, 5.41) is 4.57. The fourth-order valence-electron chi connectivity index (χ4n) is 1.86. The second-order valence-corrected chi connectivity index (χ2v) is 4.81. The quantitative estimate of drug-likeness (QED) is 0.511. The summed E-state index contributed by atoms with van der Waals surface area (Å²) in [5.74, 6) is -2.58. The van der Waals surface area contributed by atoms with E-state index in [2.05, 4.69) is 5.32 Å². The molecule has 0 unspecified atom stereocenters. The number of nitrogens with two attached hydrogens (primary N) is 1. The predicted molar refractivity (Wildman–Crippen MR) is 81.3 cm³/mol. The SMILES string of the molecule is C[C@H](OC(=O)C1=C(Nc2ccccc2)OCC1=O)C(=O)NC(N)=O. The molecule has 0 saturated heterocycles. The molecule has 0 saturated carbocycles. The molecule has 0 bridgehead atoms. The Morgan fingerprint density at radius 2 is 1.92 bits per heavy atom. The standard InChI is InChI=1S/C15H15N3O6/c1-8(12(20)18-15(16)22)24-14(21)11-10(19)7-23-13(11)17-9-5-3-2-4-6-9/h2-6,8,17H,7H2,1H3,(H3,16,18,20,22)/t8-/m0/s1. The van der Waals surface area contributed by atoms with Gasteiger partial charge in [0.05, 0.1) is 0 Å². The van der Waals surface area contributed by atoms with Crippen LogP contribution in [0.25, 0.3) is 0 Å². The van der Waals surface area contributed by atoms with Gasteiger partial charge in [-0.3, -0.25) is 14.9 Å². The van der Waals surface area contributed by atoms with E-state index in [1.807, 2.05) is 0 Å². The van der Waals surface area contributed by atoms with Crippen LogP contribution in [0.5, 0.6) is 0 Å². The molecule has 1 heterocycles. The van der Waals surface area contributed by atoms with Crippen molar-refractivity contribution < 1.29 is 28.7 Å². The topological polar surface area (TPSA) is 137 Å². The lowest BCUT2D eigenvalue weighted by atomic mass is 10.2. The van der Waals surface area contributed by atoms with Gasteiger partial charge in [0.2, 0.25) is 11.7 Å². The van der Waals surface area contributed by atoms with E-state index in [1.165, 1.54) is 6.92 Å². The number of benzene rings is 1. The summed E-state index contributed by atoms with van der Waals surface area (Å²) in [5.41, 5.74) is 5.08. The van der Waals surface area contributed by atoms with Crippen molar-refractivity contribution in [2.75, 3.05) is 11.9 Å². The van der Waals surface area contributed by atoms with Gasteiger partial charge in [0.25, 0.3) is 5.91 Å². The zero-order chi connectivity index (χ0) is 17.7. The van der Waals surface area contributed by atoms with Crippen molar-refractivity contribution in [2.24, 2.45) is 5.73 Å². The molecule has 0 spiro atoms. The normalized spacial score (nSPS) is 14.6. The summed E-state index contributed by atoms with van der Waals surface area (Å²) in [4.78, 5) is 46.1. The van der Waals surface area contributed by atoms with E-state index in [0.717, 1.165) is 0 Å².